The number of benzene rings is 2. The molecule has 7 nitrogen and oxygen atoms in total. The number of amides is 1. The molecule has 0 unspecified atom stereocenters. The minimum absolute atomic E-state index is 0.0757. The van der Waals surface area contributed by atoms with Crippen molar-refractivity contribution in [1.82, 2.24) is 25.5 Å². The van der Waals surface area contributed by atoms with Gasteiger partial charge in [0.25, 0.3) is 0 Å². The Morgan fingerprint density at radius 1 is 1.16 bits per heavy atom. The van der Waals surface area contributed by atoms with E-state index in [-0.39, 0.29) is 24.1 Å². The van der Waals surface area contributed by atoms with Gasteiger partial charge in [-0.2, -0.15) is 4.80 Å². The fraction of sp³-hybridized carbons (Fsp3) is 0.176. The van der Waals surface area contributed by atoms with E-state index in [1.54, 1.807) is 12.1 Å². The predicted molar refractivity (Wildman–Crippen MR) is 88.2 cm³/mol. The number of rotatable bonds is 7. The second-order valence-electron chi connectivity index (χ2n) is 5.17. The van der Waals surface area contributed by atoms with Gasteiger partial charge in [0.2, 0.25) is 11.7 Å². The molecule has 1 amide bonds. The molecule has 8 heteroatoms. The summed E-state index contributed by atoms with van der Waals surface area (Å²) in [5.74, 6) is 0.360. The fourth-order valence-electron chi connectivity index (χ4n) is 2.11. The molecule has 0 aliphatic heterocycles. The Morgan fingerprint density at radius 2 is 2.00 bits per heavy atom. The maximum Gasteiger partial charge on any atom is 0.243 e. The largest absolute Gasteiger partial charge is 0.492 e. The van der Waals surface area contributed by atoms with Crippen molar-refractivity contribution in [3.05, 3.63) is 60.4 Å². The number of carbonyl (C=O) groups excluding carboxylic acids is 1. The third-order valence-electron chi connectivity index (χ3n) is 3.26. The Kier molecular flexibility index (Phi) is 5.30. The molecule has 0 saturated heterocycles. The number of tetrazole rings is 1. The van der Waals surface area contributed by atoms with Crippen molar-refractivity contribution in [3.8, 4) is 17.1 Å². The summed E-state index contributed by atoms with van der Waals surface area (Å²) >= 11 is 0. The Balaban J connectivity index is 1.45. The lowest BCUT2D eigenvalue weighted by Gasteiger charge is -2.07. The molecule has 1 aromatic heterocycles. The van der Waals surface area contributed by atoms with Crippen molar-refractivity contribution in [3.63, 3.8) is 0 Å². The van der Waals surface area contributed by atoms with Crippen LogP contribution in [0.15, 0.2) is 54.6 Å². The smallest absolute Gasteiger partial charge is 0.243 e. The standard InChI is InChI=1S/C17H16FN5O2/c18-14-6-4-5-13(11-14)17-20-22-23(21-17)12-16(24)19-9-10-25-15-7-2-1-3-8-15/h1-8,11H,9-10,12H2,(H,19,24). The Labute approximate surface area is 143 Å². The molecule has 0 radical (unpaired) electrons. The first-order chi connectivity index (χ1) is 12.2. The van der Waals surface area contributed by atoms with Crippen LogP contribution in [0.25, 0.3) is 11.4 Å². The van der Waals surface area contributed by atoms with Gasteiger partial charge in [-0.15, -0.1) is 10.2 Å². The zero-order valence-corrected chi connectivity index (χ0v) is 13.3. The van der Waals surface area contributed by atoms with Gasteiger partial charge in [-0.05, 0) is 29.5 Å². The molecular formula is C17H16FN5O2. The molecule has 128 valence electrons. The van der Waals surface area contributed by atoms with Gasteiger partial charge < -0.3 is 10.1 Å². The lowest BCUT2D eigenvalue weighted by atomic mass is 10.2. The van der Waals surface area contributed by atoms with Gasteiger partial charge in [-0.25, -0.2) is 4.39 Å². The number of aromatic nitrogens is 4. The number of ether oxygens (including phenoxy) is 1. The van der Waals surface area contributed by atoms with E-state index in [0.29, 0.717) is 18.7 Å². The summed E-state index contributed by atoms with van der Waals surface area (Å²) in [5, 5.41) is 14.4. The normalized spacial score (nSPS) is 10.4. The van der Waals surface area contributed by atoms with Gasteiger partial charge in [0.15, 0.2) is 0 Å². The Bertz CT molecular complexity index is 838. The fourth-order valence-corrected chi connectivity index (χ4v) is 2.11. The highest BCUT2D eigenvalue weighted by atomic mass is 19.1. The first-order valence-electron chi connectivity index (χ1n) is 7.69. The zero-order valence-electron chi connectivity index (χ0n) is 13.3. The highest BCUT2D eigenvalue weighted by molar-refractivity contribution is 5.75. The second-order valence-corrected chi connectivity index (χ2v) is 5.17. The minimum atomic E-state index is -0.384. The molecule has 0 aliphatic carbocycles. The number of halogens is 1. The van der Waals surface area contributed by atoms with E-state index < -0.39 is 0 Å². The second kappa shape index (κ2) is 8.00. The molecule has 0 aliphatic rings. The van der Waals surface area contributed by atoms with Crippen LogP contribution in [0, 0.1) is 5.82 Å². The van der Waals surface area contributed by atoms with Gasteiger partial charge in [-0.1, -0.05) is 30.3 Å². The van der Waals surface area contributed by atoms with Gasteiger partial charge in [0.05, 0.1) is 6.54 Å². The first-order valence-corrected chi connectivity index (χ1v) is 7.69. The average Bonchev–Trinajstić information content (AvgIpc) is 3.08. The third-order valence-corrected chi connectivity index (χ3v) is 3.26. The van der Waals surface area contributed by atoms with Crippen LogP contribution in [0.4, 0.5) is 4.39 Å². The number of hydrogen-bond donors (Lipinski definition) is 1. The summed E-state index contributed by atoms with van der Waals surface area (Å²) in [6.07, 6.45) is 0. The van der Waals surface area contributed by atoms with Gasteiger partial charge in [0, 0.05) is 5.56 Å². The molecule has 0 fully saturated rings. The molecule has 1 heterocycles. The summed E-state index contributed by atoms with van der Waals surface area (Å²) in [7, 11) is 0. The quantitative estimate of drug-likeness (QED) is 0.661. The molecular weight excluding hydrogens is 325 g/mol. The van der Waals surface area contributed by atoms with Gasteiger partial charge in [0.1, 0.15) is 24.7 Å². The summed E-state index contributed by atoms with van der Waals surface area (Å²) in [6, 6.07) is 15.2. The molecule has 2 aromatic carbocycles. The van der Waals surface area contributed by atoms with E-state index in [2.05, 4.69) is 20.7 Å². The molecule has 3 rings (SSSR count). The third kappa shape index (κ3) is 4.84. The number of hydrogen-bond acceptors (Lipinski definition) is 5. The number of carbonyl (C=O) groups is 1. The van der Waals surface area contributed by atoms with Crippen LogP contribution in [0.2, 0.25) is 0 Å². The number of nitrogens with zero attached hydrogens (tertiary/aromatic N) is 4. The molecule has 0 spiro atoms. The van der Waals surface area contributed by atoms with Crippen LogP contribution in [0.5, 0.6) is 5.75 Å². The highest BCUT2D eigenvalue weighted by Crippen LogP contribution is 2.14. The van der Waals surface area contributed by atoms with Crippen LogP contribution in [-0.2, 0) is 11.3 Å². The van der Waals surface area contributed by atoms with E-state index in [1.165, 1.54) is 12.1 Å². The van der Waals surface area contributed by atoms with Crippen molar-refractivity contribution >= 4 is 5.91 Å². The van der Waals surface area contributed by atoms with Crippen molar-refractivity contribution < 1.29 is 13.9 Å². The highest BCUT2D eigenvalue weighted by Gasteiger charge is 2.09. The van der Waals surface area contributed by atoms with Crippen LogP contribution in [0.3, 0.4) is 0 Å². The lowest BCUT2D eigenvalue weighted by molar-refractivity contribution is -0.122. The number of para-hydroxylation sites is 1. The summed E-state index contributed by atoms with van der Waals surface area (Å²) < 4.78 is 18.7. The molecule has 0 atom stereocenters. The lowest BCUT2D eigenvalue weighted by Crippen LogP contribution is -2.31. The average molecular weight is 341 g/mol. The monoisotopic (exact) mass is 341 g/mol. The Hall–Kier alpha value is -3.29. The predicted octanol–water partition coefficient (Wildman–Crippen LogP) is 1.67. The van der Waals surface area contributed by atoms with E-state index >= 15 is 0 Å². The maximum atomic E-state index is 13.2. The zero-order chi connectivity index (χ0) is 17.5. The van der Waals surface area contributed by atoms with Gasteiger partial charge >= 0.3 is 0 Å². The van der Waals surface area contributed by atoms with Crippen LogP contribution in [0.1, 0.15) is 0 Å². The maximum absolute atomic E-state index is 13.2. The molecule has 0 bridgehead atoms. The SMILES string of the molecule is O=C(Cn1nnc(-c2cccc(F)c2)n1)NCCOc1ccccc1. The van der Waals surface area contributed by atoms with E-state index in [1.807, 2.05) is 30.3 Å². The summed E-state index contributed by atoms with van der Waals surface area (Å²) in [6.45, 7) is 0.641. The van der Waals surface area contributed by atoms with E-state index in [0.717, 1.165) is 10.5 Å². The Morgan fingerprint density at radius 3 is 2.80 bits per heavy atom. The van der Waals surface area contributed by atoms with Crippen molar-refractivity contribution in [2.45, 2.75) is 6.54 Å². The molecule has 1 N–H and O–H groups in total. The van der Waals surface area contributed by atoms with E-state index in [4.69, 9.17) is 4.74 Å². The molecule has 3 aromatic rings. The number of nitrogens with one attached hydrogen (secondary N) is 1. The minimum Gasteiger partial charge on any atom is -0.492 e. The van der Waals surface area contributed by atoms with E-state index in [9.17, 15) is 9.18 Å². The van der Waals surface area contributed by atoms with Crippen LogP contribution >= 0.6 is 0 Å². The topological polar surface area (TPSA) is 81.9 Å². The summed E-state index contributed by atoms with van der Waals surface area (Å²) in [5.41, 5.74) is 0.503. The summed E-state index contributed by atoms with van der Waals surface area (Å²) in [4.78, 5) is 13.0. The van der Waals surface area contributed by atoms with Crippen molar-refractivity contribution in [2.75, 3.05) is 13.2 Å². The first kappa shape index (κ1) is 16.6. The van der Waals surface area contributed by atoms with Gasteiger partial charge in [-0.3, -0.25) is 4.79 Å². The van der Waals surface area contributed by atoms with Crippen molar-refractivity contribution in [1.29, 1.82) is 0 Å². The molecule has 0 saturated carbocycles. The molecule has 25 heavy (non-hydrogen) atoms. The van der Waals surface area contributed by atoms with Crippen molar-refractivity contribution in [2.24, 2.45) is 0 Å². The van der Waals surface area contributed by atoms with Crippen LogP contribution < -0.4 is 10.1 Å². The van der Waals surface area contributed by atoms with Crippen LogP contribution in [-0.4, -0.2) is 39.3 Å².